The van der Waals surface area contributed by atoms with Crippen LogP contribution >= 0.6 is 34.7 Å². The van der Waals surface area contributed by atoms with Gasteiger partial charge in [-0.1, -0.05) is 23.6 Å². The minimum atomic E-state index is 0.324. The lowest BCUT2D eigenvalue weighted by Gasteiger charge is -2.02. The first-order valence-electron chi connectivity index (χ1n) is 6.80. The number of terminal acetylenes is 1. The summed E-state index contributed by atoms with van der Waals surface area (Å²) in [7, 11) is 0. The van der Waals surface area contributed by atoms with Gasteiger partial charge >= 0.3 is 0 Å². The number of nitrogens with zero attached hydrogens (tertiary/aromatic N) is 5. The van der Waals surface area contributed by atoms with Gasteiger partial charge in [0.15, 0.2) is 26.5 Å². The van der Waals surface area contributed by atoms with E-state index in [-0.39, 0.29) is 0 Å². The van der Waals surface area contributed by atoms with E-state index in [0.29, 0.717) is 33.7 Å². The summed E-state index contributed by atoms with van der Waals surface area (Å²) in [5, 5.41) is 1.36. The second-order valence-electron chi connectivity index (χ2n) is 4.79. The van der Waals surface area contributed by atoms with Crippen LogP contribution in [0.1, 0.15) is 0 Å². The number of nitrogen functional groups attached to an aromatic ring is 1. The number of fused-ring (bicyclic) bond motifs is 2. The maximum absolute atomic E-state index is 6.22. The van der Waals surface area contributed by atoms with E-state index in [1.54, 1.807) is 0 Å². The number of benzene rings is 1. The highest BCUT2D eigenvalue weighted by molar-refractivity contribution is 8.01. The molecule has 6 nitrogen and oxygen atoms in total. The fourth-order valence-corrected chi connectivity index (χ4v) is 4.59. The molecule has 2 N–H and O–H groups in total. The molecule has 1 aromatic carbocycles. The minimum Gasteiger partial charge on any atom is -0.382 e. The molecule has 0 amide bonds. The lowest BCUT2D eigenvalue weighted by atomic mass is 10.3. The molecule has 9 heteroatoms. The largest absolute Gasteiger partial charge is 0.382 e. The fraction of sp³-hybridized carbons (Fsp3) is 0.0667. The zero-order valence-corrected chi connectivity index (χ0v) is 14.5. The number of halogens is 1. The van der Waals surface area contributed by atoms with Crippen molar-refractivity contribution < 1.29 is 0 Å². The Morgan fingerprint density at radius 1 is 1.33 bits per heavy atom. The Hall–Kier alpha value is -2.34. The lowest BCUT2D eigenvalue weighted by molar-refractivity contribution is 0.753. The first kappa shape index (κ1) is 15.2. The summed E-state index contributed by atoms with van der Waals surface area (Å²) >= 11 is 9.13. The Morgan fingerprint density at radius 2 is 2.21 bits per heavy atom. The molecule has 0 aliphatic rings. The zero-order valence-electron chi connectivity index (χ0n) is 12.1. The van der Waals surface area contributed by atoms with Gasteiger partial charge in [-0.25, -0.2) is 19.9 Å². The van der Waals surface area contributed by atoms with E-state index in [9.17, 15) is 0 Å². The van der Waals surface area contributed by atoms with E-state index < -0.39 is 0 Å². The fourth-order valence-electron chi connectivity index (χ4n) is 2.26. The van der Waals surface area contributed by atoms with Crippen molar-refractivity contribution in [1.82, 2.24) is 24.5 Å². The van der Waals surface area contributed by atoms with Crippen LogP contribution < -0.4 is 5.73 Å². The summed E-state index contributed by atoms with van der Waals surface area (Å²) in [6, 6.07) is 5.65. The molecule has 0 aliphatic carbocycles. The zero-order chi connectivity index (χ0) is 16.7. The molecule has 0 radical (unpaired) electrons. The van der Waals surface area contributed by atoms with Gasteiger partial charge in [0, 0.05) is 0 Å². The molecule has 4 rings (SSSR count). The molecule has 0 atom stereocenters. The van der Waals surface area contributed by atoms with Crippen molar-refractivity contribution in [2.45, 2.75) is 16.0 Å². The van der Waals surface area contributed by atoms with E-state index >= 15 is 0 Å². The Bertz CT molecular complexity index is 1110. The molecule has 0 unspecified atom stereocenters. The number of thiazole rings is 1. The monoisotopic (exact) mass is 372 g/mol. The van der Waals surface area contributed by atoms with Gasteiger partial charge in [0.25, 0.3) is 0 Å². The average Bonchev–Trinajstić information content (AvgIpc) is 3.12. The summed E-state index contributed by atoms with van der Waals surface area (Å²) < 4.78 is 3.59. The van der Waals surface area contributed by atoms with Crippen molar-refractivity contribution in [1.29, 1.82) is 0 Å². The van der Waals surface area contributed by atoms with Crippen LogP contribution in [0.25, 0.3) is 21.4 Å². The molecular formula is C15H9ClN6S2. The molecule has 24 heavy (non-hydrogen) atoms. The van der Waals surface area contributed by atoms with E-state index in [0.717, 1.165) is 14.6 Å². The summed E-state index contributed by atoms with van der Waals surface area (Å²) in [6.45, 7) is 0.334. The molecule has 3 aromatic heterocycles. The first-order valence-corrected chi connectivity index (χ1v) is 8.81. The number of aromatic nitrogens is 5. The van der Waals surface area contributed by atoms with Crippen molar-refractivity contribution in [3.8, 4) is 12.3 Å². The Morgan fingerprint density at radius 3 is 3.00 bits per heavy atom. The third-order valence-electron chi connectivity index (χ3n) is 3.30. The molecule has 118 valence electrons. The van der Waals surface area contributed by atoms with Gasteiger partial charge in [0.05, 0.1) is 21.8 Å². The van der Waals surface area contributed by atoms with Crippen molar-refractivity contribution in [2.75, 3.05) is 5.73 Å². The lowest BCUT2D eigenvalue weighted by Crippen LogP contribution is -1.99. The van der Waals surface area contributed by atoms with Gasteiger partial charge in [-0.15, -0.1) is 17.8 Å². The molecule has 0 saturated heterocycles. The van der Waals surface area contributed by atoms with Gasteiger partial charge in [-0.2, -0.15) is 0 Å². The predicted molar refractivity (Wildman–Crippen MR) is 97.3 cm³/mol. The smallest absolute Gasteiger partial charge is 0.178 e. The van der Waals surface area contributed by atoms with Crippen LogP contribution in [0.3, 0.4) is 0 Å². The van der Waals surface area contributed by atoms with Gasteiger partial charge in [0.2, 0.25) is 0 Å². The average molecular weight is 373 g/mol. The summed E-state index contributed by atoms with van der Waals surface area (Å²) in [6.07, 6.45) is 6.88. The van der Waals surface area contributed by atoms with Crippen LogP contribution in [0.5, 0.6) is 0 Å². The van der Waals surface area contributed by atoms with E-state index in [2.05, 4.69) is 25.9 Å². The highest BCUT2D eigenvalue weighted by Crippen LogP contribution is 2.37. The third kappa shape index (κ3) is 2.47. The molecule has 0 spiro atoms. The first-order chi connectivity index (χ1) is 11.7. The number of anilines is 1. The summed E-state index contributed by atoms with van der Waals surface area (Å²) in [5.41, 5.74) is 7.90. The Labute approximate surface area is 150 Å². The van der Waals surface area contributed by atoms with Gasteiger partial charge < -0.3 is 5.73 Å². The quantitative estimate of drug-likeness (QED) is 0.554. The van der Waals surface area contributed by atoms with Crippen LogP contribution in [0.2, 0.25) is 5.02 Å². The van der Waals surface area contributed by atoms with Crippen LogP contribution in [0.15, 0.2) is 34.0 Å². The maximum Gasteiger partial charge on any atom is 0.178 e. The topological polar surface area (TPSA) is 82.5 Å². The Balaban J connectivity index is 1.83. The SMILES string of the molecule is C#CCn1c(Sc2nc3cccc(Cl)c3s2)nc2c(N)ncnc21. The highest BCUT2D eigenvalue weighted by Gasteiger charge is 2.17. The number of hydrogen-bond donors (Lipinski definition) is 1. The molecule has 0 bridgehead atoms. The van der Waals surface area contributed by atoms with E-state index in [4.69, 9.17) is 23.8 Å². The number of imidazole rings is 1. The highest BCUT2D eigenvalue weighted by atomic mass is 35.5. The van der Waals surface area contributed by atoms with E-state index in [1.807, 2.05) is 22.8 Å². The van der Waals surface area contributed by atoms with Gasteiger partial charge in [0.1, 0.15) is 6.33 Å². The second-order valence-corrected chi connectivity index (χ2v) is 7.41. The molecule has 0 fully saturated rings. The molecule has 4 aromatic rings. The van der Waals surface area contributed by atoms with Crippen LogP contribution in [0.4, 0.5) is 5.82 Å². The second kappa shape index (κ2) is 5.94. The van der Waals surface area contributed by atoms with Crippen LogP contribution in [0, 0.1) is 12.3 Å². The summed E-state index contributed by atoms with van der Waals surface area (Å²) in [4.78, 5) is 17.3. The number of hydrogen-bond acceptors (Lipinski definition) is 7. The summed E-state index contributed by atoms with van der Waals surface area (Å²) in [5.74, 6) is 2.94. The predicted octanol–water partition coefficient (Wildman–Crippen LogP) is 3.46. The van der Waals surface area contributed by atoms with Gasteiger partial charge in [-0.05, 0) is 23.9 Å². The number of rotatable bonds is 3. The van der Waals surface area contributed by atoms with E-state index in [1.165, 1.54) is 29.4 Å². The van der Waals surface area contributed by atoms with Crippen molar-refractivity contribution in [3.05, 3.63) is 29.5 Å². The maximum atomic E-state index is 6.22. The molecular weight excluding hydrogens is 364 g/mol. The standard InChI is InChI=1S/C15H9ClN6S2/c1-2-6-22-13-10(12(17)18-7-19-13)21-14(22)24-15-20-9-5-3-4-8(16)11(9)23-15/h1,3-5,7H,6H2,(H2,17,18,19). The molecule has 0 aliphatic heterocycles. The molecule has 3 heterocycles. The Kier molecular flexibility index (Phi) is 3.76. The third-order valence-corrected chi connectivity index (χ3v) is 5.89. The van der Waals surface area contributed by atoms with Crippen LogP contribution in [-0.4, -0.2) is 24.5 Å². The van der Waals surface area contributed by atoms with Crippen molar-refractivity contribution in [3.63, 3.8) is 0 Å². The van der Waals surface area contributed by atoms with Gasteiger partial charge in [-0.3, -0.25) is 4.57 Å². The van der Waals surface area contributed by atoms with Crippen LogP contribution in [-0.2, 0) is 6.54 Å². The minimum absolute atomic E-state index is 0.324. The molecule has 0 saturated carbocycles. The normalized spacial score (nSPS) is 11.2. The number of nitrogens with two attached hydrogens (primary N) is 1. The van der Waals surface area contributed by atoms with Crippen molar-refractivity contribution >= 4 is 61.9 Å². The van der Waals surface area contributed by atoms with Crippen molar-refractivity contribution in [2.24, 2.45) is 0 Å².